The molecule has 0 bridgehead atoms. The van der Waals surface area contributed by atoms with E-state index in [4.69, 9.17) is 14.4 Å². The summed E-state index contributed by atoms with van der Waals surface area (Å²) in [5.74, 6) is 1.58. The van der Waals surface area contributed by atoms with Crippen LogP contribution in [0.5, 0.6) is 0 Å². The predicted molar refractivity (Wildman–Crippen MR) is 236 cm³/mol. The molecule has 12 rings (SSSR count). The minimum Gasteiger partial charge on any atom is -0.456 e. The molecule has 3 heterocycles. The van der Waals surface area contributed by atoms with Crippen molar-refractivity contribution in [2.75, 3.05) is 0 Å². The molecule has 0 fully saturated rings. The molecule has 11 aromatic rings. The van der Waals surface area contributed by atoms with Gasteiger partial charge in [0.05, 0.1) is 0 Å². The smallest absolute Gasteiger partial charge is 0.170 e. The van der Waals surface area contributed by atoms with Crippen molar-refractivity contribution in [1.29, 1.82) is 0 Å². The lowest BCUT2D eigenvalue weighted by Gasteiger charge is -2.23. The van der Waals surface area contributed by atoms with Gasteiger partial charge in [-0.3, -0.25) is 0 Å². The van der Waals surface area contributed by atoms with Gasteiger partial charge in [0.1, 0.15) is 22.8 Å². The summed E-state index contributed by atoms with van der Waals surface area (Å²) < 4.78 is 9.22. The first-order valence-electron chi connectivity index (χ1n) is 18.9. The number of fused-ring (bicyclic) bond motifs is 10. The summed E-state index contributed by atoms with van der Waals surface area (Å²) in [4.78, 5) is 10.6. The highest BCUT2D eigenvalue weighted by atomic mass is 32.1. The van der Waals surface area contributed by atoms with Gasteiger partial charge < -0.3 is 9.73 Å². The maximum Gasteiger partial charge on any atom is 0.170 e. The highest BCUT2D eigenvalue weighted by molar-refractivity contribution is 7.25. The number of aliphatic imine (C=N–C) groups is 2. The van der Waals surface area contributed by atoms with Crippen molar-refractivity contribution in [3.05, 3.63) is 193 Å². The maximum absolute atomic E-state index is 6.62. The fourth-order valence-corrected chi connectivity index (χ4v) is 9.70. The molecule has 0 spiro atoms. The van der Waals surface area contributed by atoms with Crippen LogP contribution in [0.25, 0.3) is 85.6 Å². The Bertz CT molecular complexity index is 3460. The van der Waals surface area contributed by atoms with E-state index in [9.17, 15) is 0 Å². The largest absolute Gasteiger partial charge is 0.456 e. The van der Waals surface area contributed by atoms with E-state index in [-0.39, 0.29) is 0 Å². The lowest BCUT2D eigenvalue weighted by molar-refractivity contribution is 0.668. The fraction of sp³-hybridized carbons (Fsp3) is 0.0196. The van der Waals surface area contributed by atoms with Crippen LogP contribution in [0.4, 0.5) is 0 Å². The number of thiophene rings is 1. The molecular formula is C51H31N3OS. The summed E-state index contributed by atoms with van der Waals surface area (Å²) in [7, 11) is 0. The molecule has 0 aliphatic carbocycles. The SMILES string of the molecule is c1ccc(C2=NC(c3cccc4oc5cc(-c6ccc7c(c6)sc6cc8ccccc8cc67)ccc5c34)N=C(c3ccc4c(ccc5ccccc54)c3)N2)cc1. The van der Waals surface area contributed by atoms with E-state index in [1.807, 2.05) is 35.6 Å². The molecule has 1 aliphatic rings. The molecule has 9 aromatic carbocycles. The van der Waals surface area contributed by atoms with Crippen molar-refractivity contribution < 1.29 is 4.42 Å². The average Bonchev–Trinajstić information content (AvgIpc) is 3.82. The zero-order valence-corrected chi connectivity index (χ0v) is 30.8. The lowest BCUT2D eigenvalue weighted by atomic mass is 9.99. The first kappa shape index (κ1) is 31.3. The van der Waals surface area contributed by atoms with Crippen LogP contribution in [0.2, 0.25) is 0 Å². The van der Waals surface area contributed by atoms with Crippen LogP contribution in [0.15, 0.2) is 190 Å². The minimum atomic E-state index is -0.482. The van der Waals surface area contributed by atoms with Crippen LogP contribution in [0, 0.1) is 0 Å². The summed E-state index contributed by atoms with van der Waals surface area (Å²) in [6.07, 6.45) is -0.482. The minimum absolute atomic E-state index is 0.482. The molecule has 0 amide bonds. The van der Waals surface area contributed by atoms with Gasteiger partial charge in [0, 0.05) is 47.6 Å². The summed E-state index contributed by atoms with van der Waals surface area (Å²) in [5, 5.41) is 15.7. The molecule has 0 saturated heterocycles. The third-order valence-electron chi connectivity index (χ3n) is 11.3. The van der Waals surface area contributed by atoms with E-state index in [1.165, 1.54) is 58.1 Å². The average molecular weight is 734 g/mol. The Balaban J connectivity index is 0.967. The molecule has 4 nitrogen and oxygen atoms in total. The normalized spacial score (nSPS) is 14.6. The highest BCUT2D eigenvalue weighted by Crippen LogP contribution is 2.41. The van der Waals surface area contributed by atoms with Gasteiger partial charge in [-0.25, -0.2) is 9.98 Å². The predicted octanol–water partition coefficient (Wildman–Crippen LogP) is 13.6. The van der Waals surface area contributed by atoms with Crippen molar-refractivity contribution in [1.82, 2.24) is 5.32 Å². The number of hydrogen-bond donors (Lipinski definition) is 1. The molecule has 56 heavy (non-hydrogen) atoms. The number of furan rings is 1. The first-order chi connectivity index (χ1) is 27.7. The van der Waals surface area contributed by atoms with Gasteiger partial charge in [0.2, 0.25) is 0 Å². The zero-order chi connectivity index (χ0) is 36.7. The van der Waals surface area contributed by atoms with Crippen LogP contribution in [-0.4, -0.2) is 11.7 Å². The van der Waals surface area contributed by atoms with E-state index in [1.54, 1.807) is 0 Å². The van der Waals surface area contributed by atoms with Crippen LogP contribution >= 0.6 is 11.3 Å². The van der Waals surface area contributed by atoms with Crippen LogP contribution in [-0.2, 0) is 0 Å². The second kappa shape index (κ2) is 12.2. The number of rotatable bonds is 4. The molecule has 2 aromatic heterocycles. The Morgan fingerprint density at radius 3 is 1.95 bits per heavy atom. The Morgan fingerprint density at radius 1 is 0.411 bits per heavy atom. The van der Waals surface area contributed by atoms with Crippen molar-refractivity contribution in [3.63, 3.8) is 0 Å². The number of nitrogens with zero attached hydrogens (tertiary/aromatic N) is 2. The van der Waals surface area contributed by atoms with Crippen molar-refractivity contribution in [2.24, 2.45) is 9.98 Å². The van der Waals surface area contributed by atoms with E-state index >= 15 is 0 Å². The number of amidine groups is 2. The molecule has 0 saturated carbocycles. The molecular weight excluding hydrogens is 703 g/mol. The van der Waals surface area contributed by atoms with Crippen molar-refractivity contribution in [2.45, 2.75) is 6.17 Å². The van der Waals surface area contributed by atoms with Gasteiger partial charge in [-0.2, -0.15) is 0 Å². The monoisotopic (exact) mass is 733 g/mol. The third-order valence-corrected chi connectivity index (χ3v) is 12.4. The first-order valence-corrected chi connectivity index (χ1v) is 19.7. The van der Waals surface area contributed by atoms with E-state index in [0.29, 0.717) is 0 Å². The van der Waals surface area contributed by atoms with Gasteiger partial charge in [0.25, 0.3) is 0 Å². The summed E-state index contributed by atoms with van der Waals surface area (Å²) >= 11 is 1.85. The fourth-order valence-electron chi connectivity index (χ4n) is 8.53. The molecule has 1 unspecified atom stereocenters. The molecule has 5 heteroatoms. The van der Waals surface area contributed by atoms with Gasteiger partial charge in [-0.1, -0.05) is 133 Å². The highest BCUT2D eigenvalue weighted by Gasteiger charge is 2.24. The van der Waals surface area contributed by atoms with Gasteiger partial charge in [-0.15, -0.1) is 11.3 Å². The van der Waals surface area contributed by atoms with Crippen LogP contribution < -0.4 is 5.32 Å². The van der Waals surface area contributed by atoms with E-state index < -0.39 is 6.17 Å². The molecule has 1 N–H and O–H groups in total. The third kappa shape index (κ3) is 4.98. The van der Waals surface area contributed by atoms with Gasteiger partial charge in [0.15, 0.2) is 6.17 Å². The molecule has 1 aliphatic heterocycles. The lowest BCUT2D eigenvalue weighted by Crippen LogP contribution is -2.36. The standard InChI is InChI=1S/C51H31N3OS/c1-2-10-31(11-3-1)49-52-50(37-21-22-39-36(25-37)18-17-30-9-6-7-14-38(30)39)54-51(53-49)42-15-8-16-44-48(42)41-24-20-34(27-45(41)55-44)35-19-23-40-43-26-32-12-4-5-13-33(32)28-47(43)56-46(40)29-35/h1-29,51H,(H,52,53,54). The Kier molecular flexibility index (Phi) is 6.83. The Labute approximate surface area is 325 Å². The topological polar surface area (TPSA) is 49.9 Å². The van der Waals surface area contributed by atoms with Gasteiger partial charge in [-0.05, 0) is 85.9 Å². The molecule has 262 valence electrons. The second-order valence-corrected chi connectivity index (χ2v) is 15.7. The second-order valence-electron chi connectivity index (χ2n) is 14.6. The number of nitrogens with one attached hydrogen (secondary N) is 1. The van der Waals surface area contributed by atoms with Crippen LogP contribution in [0.1, 0.15) is 22.9 Å². The number of benzene rings is 9. The van der Waals surface area contributed by atoms with Gasteiger partial charge >= 0.3 is 0 Å². The molecule has 1 atom stereocenters. The Morgan fingerprint density at radius 2 is 1.07 bits per heavy atom. The van der Waals surface area contributed by atoms with E-state index in [2.05, 4.69) is 157 Å². The number of hydrogen-bond acceptors (Lipinski definition) is 5. The zero-order valence-electron chi connectivity index (χ0n) is 30.0. The quantitative estimate of drug-likeness (QED) is 0.183. The summed E-state index contributed by atoms with van der Waals surface area (Å²) in [6.45, 7) is 0. The Hall–Kier alpha value is -7.08. The van der Waals surface area contributed by atoms with Crippen molar-refractivity contribution >= 4 is 97.4 Å². The summed E-state index contributed by atoms with van der Waals surface area (Å²) in [6, 6.07) is 62.7. The summed E-state index contributed by atoms with van der Waals surface area (Å²) in [5.41, 5.74) is 6.99. The molecule has 0 radical (unpaired) electrons. The van der Waals surface area contributed by atoms with Crippen molar-refractivity contribution in [3.8, 4) is 11.1 Å². The van der Waals surface area contributed by atoms with E-state index in [0.717, 1.165) is 55.9 Å². The maximum atomic E-state index is 6.62. The van der Waals surface area contributed by atoms with Crippen LogP contribution in [0.3, 0.4) is 0 Å².